The molecule has 2 aromatic rings. The molecule has 4 nitrogen and oxygen atoms in total. The van der Waals surface area contributed by atoms with Crippen LogP contribution in [0.4, 0.5) is 0 Å². The fraction of sp³-hybridized carbons (Fsp3) is 0.526. The van der Waals surface area contributed by atoms with Crippen LogP contribution in [0.5, 0.6) is 0 Å². The normalized spacial score (nSPS) is 29.4. The van der Waals surface area contributed by atoms with Crippen LogP contribution in [0.25, 0.3) is 0 Å². The van der Waals surface area contributed by atoms with E-state index in [9.17, 15) is 4.79 Å². The molecule has 0 saturated heterocycles. The highest BCUT2D eigenvalue weighted by atomic mass is 32.1. The van der Waals surface area contributed by atoms with Crippen molar-refractivity contribution in [3.63, 3.8) is 0 Å². The number of carbonyl (C=O) groups excluding carboxylic acids is 1. The molecule has 2 aliphatic carbocycles. The van der Waals surface area contributed by atoms with Crippen molar-refractivity contribution in [3.05, 3.63) is 46.4 Å². The summed E-state index contributed by atoms with van der Waals surface area (Å²) in [5.41, 5.74) is 6.96. The number of rotatable bonds is 4. The average Bonchev–Trinajstić information content (AvgIpc) is 3.20. The molecular weight excluding hydrogens is 318 g/mol. The first-order valence-electron chi connectivity index (χ1n) is 8.94. The maximum Gasteiger partial charge on any atom is 0.268 e. The Morgan fingerprint density at radius 1 is 1.25 bits per heavy atom. The van der Waals surface area contributed by atoms with E-state index in [2.05, 4.69) is 22.8 Å². The molecule has 5 heteroatoms. The summed E-state index contributed by atoms with van der Waals surface area (Å²) in [6.45, 7) is 0.760. The molecule has 2 bridgehead atoms. The van der Waals surface area contributed by atoms with Gasteiger partial charge in [0.2, 0.25) is 0 Å². The van der Waals surface area contributed by atoms with Gasteiger partial charge >= 0.3 is 0 Å². The van der Waals surface area contributed by atoms with Crippen molar-refractivity contribution in [1.82, 2.24) is 9.88 Å². The Kier molecular flexibility index (Phi) is 4.46. The number of fused-ring (bicyclic) bond motifs is 2. The van der Waals surface area contributed by atoms with Gasteiger partial charge in [-0.05, 0) is 61.1 Å². The first-order valence-corrected chi connectivity index (χ1v) is 9.82. The molecule has 2 unspecified atom stereocenters. The Hall–Kier alpha value is -1.59. The standard InChI is InChI=1S/C19H25N3OS/c20-15-10-13-4-1-5-14(11-15)18(13)21-19(23)17-7-2-8-22(17)12-16-6-3-9-24-16/h2-3,6-9,13-15,18H,1,4-5,10-12,20H2,(H,21,23). The summed E-state index contributed by atoms with van der Waals surface area (Å²) in [4.78, 5) is 14.1. The van der Waals surface area contributed by atoms with Crippen LogP contribution in [0.1, 0.15) is 47.5 Å². The number of hydrogen-bond acceptors (Lipinski definition) is 3. The molecule has 3 N–H and O–H groups in total. The Morgan fingerprint density at radius 3 is 2.75 bits per heavy atom. The molecule has 24 heavy (non-hydrogen) atoms. The van der Waals surface area contributed by atoms with Crippen LogP contribution < -0.4 is 11.1 Å². The number of hydrogen-bond donors (Lipinski definition) is 2. The van der Waals surface area contributed by atoms with Gasteiger partial charge in [-0.15, -0.1) is 11.3 Å². The largest absolute Gasteiger partial charge is 0.347 e. The van der Waals surface area contributed by atoms with Gasteiger partial charge in [-0.3, -0.25) is 4.79 Å². The third-order valence-electron chi connectivity index (χ3n) is 5.64. The quantitative estimate of drug-likeness (QED) is 0.895. The van der Waals surface area contributed by atoms with Gasteiger partial charge in [0, 0.05) is 23.2 Å². The number of nitrogens with one attached hydrogen (secondary N) is 1. The molecule has 2 fully saturated rings. The first kappa shape index (κ1) is 15.9. The Labute approximate surface area is 147 Å². The second-order valence-corrected chi connectivity index (χ2v) is 8.31. The second-order valence-electron chi connectivity index (χ2n) is 7.28. The molecule has 0 aliphatic heterocycles. The minimum absolute atomic E-state index is 0.0638. The molecule has 0 spiro atoms. The summed E-state index contributed by atoms with van der Waals surface area (Å²) in [6, 6.07) is 8.66. The maximum absolute atomic E-state index is 12.9. The van der Waals surface area contributed by atoms with Crippen molar-refractivity contribution in [1.29, 1.82) is 0 Å². The molecule has 2 saturated carbocycles. The van der Waals surface area contributed by atoms with Gasteiger partial charge in [0.25, 0.3) is 5.91 Å². The lowest BCUT2D eigenvalue weighted by Gasteiger charge is -2.45. The lowest BCUT2D eigenvalue weighted by molar-refractivity contribution is 0.0748. The van der Waals surface area contributed by atoms with Gasteiger partial charge < -0.3 is 15.6 Å². The first-order chi connectivity index (χ1) is 11.7. The Morgan fingerprint density at radius 2 is 2.04 bits per heavy atom. The average molecular weight is 343 g/mol. The fourth-order valence-electron chi connectivity index (χ4n) is 4.58. The molecular formula is C19H25N3OS. The highest BCUT2D eigenvalue weighted by Crippen LogP contribution is 2.39. The SMILES string of the molecule is NC1CC2CCCC(C1)C2NC(=O)c1cccn1Cc1cccs1. The van der Waals surface area contributed by atoms with Gasteiger partial charge in [0.1, 0.15) is 5.69 Å². The van der Waals surface area contributed by atoms with Crippen LogP contribution >= 0.6 is 11.3 Å². The van der Waals surface area contributed by atoms with Crippen molar-refractivity contribution in [3.8, 4) is 0 Å². The van der Waals surface area contributed by atoms with E-state index in [1.807, 2.05) is 22.9 Å². The smallest absolute Gasteiger partial charge is 0.268 e. The predicted molar refractivity (Wildman–Crippen MR) is 97.1 cm³/mol. The second kappa shape index (κ2) is 6.73. The van der Waals surface area contributed by atoms with Crippen molar-refractivity contribution in [2.45, 2.75) is 50.7 Å². The van der Waals surface area contributed by atoms with Gasteiger partial charge in [-0.1, -0.05) is 12.5 Å². The molecule has 1 amide bonds. The minimum Gasteiger partial charge on any atom is -0.347 e. The molecule has 4 rings (SSSR count). The predicted octanol–water partition coefficient (Wildman–Crippen LogP) is 3.23. The summed E-state index contributed by atoms with van der Waals surface area (Å²) < 4.78 is 2.05. The highest BCUT2D eigenvalue weighted by molar-refractivity contribution is 7.09. The number of thiophene rings is 1. The lowest BCUT2D eigenvalue weighted by Crippen LogP contribution is -2.53. The Bertz CT molecular complexity index is 679. The number of amides is 1. The van der Waals surface area contributed by atoms with Crippen LogP contribution in [-0.2, 0) is 6.54 Å². The van der Waals surface area contributed by atoms with E-state index < -0.39 is 0 Å². The van der Waals surface area contributed by atoms with Crippen LogP contribution in [0.15, 0.2) is 35.8 Å². The van der Waals surface area contributed by atoms with E-state index in [0.717, 1.165) is 25.1 Å². The maximum atomic E-state index is 12.9. The zero-order valence-corrected chi connectivity index (χ0v) is 14.7. The molecule has 128 valence electrons. The summed E-state index contributed by atoms with van der Waals surface area (Å²) in [5.74, 6) is 1.17. The molecule has 0 radical (unpaired) electrons. The van der Waals surface area contributed by atoms with E-state index in [1.165, 1.54) is 24.1 Å². The third kappa shape index (κ3) is 3.15. The fourth-order valence-corrected chi connectivity index (χ4v) is 5.28. The highest BCUT2D eigenvalue weighted by Gasteiger charge is 2.40. The topological polar surface area (TPSA) is 60.0 Å². The van der Waals surface area contributed by atoms with Crippen molar-refractivity contribution in [2.75, 3.05) is 0 Å². The molecule has 2 atom stereocenters. The van der Waals surface area contributed by atoms with Crippen LogP contribution in [0, 0.1) is 11.8 Å². The van der Waals surface area contributed by atoms with Crippen molar-refractivity contribution in [2.24, 2.45) is 17.6 Å². The molecule has 2 aromatic heterocycles. The van der Waals surface area contributed by atoms with E-state index >= 15 is 0 Å². The number of carbonyl (C=O) groups is 1. The zero-order chi connectivity index (χ0) is 16.5. The van der Waals surface area contributed by atoms with Gasteiger partial charge in [0.05, 0.1) is 6.54 Å². The summed E-state index contributed by atoms with van der Waals surface area (Å²) in [6.07, 6.45) is 7.78. The molecule has 0 aromatic carbocycles. The van der Waals surface area contributed by atoms with Crippen LogP contribution in [0.2, 0.25) is 0 Å². The van der Waals surface area contributed by atoms with E-state index in [-0.39, 0.29) is 5.91 Å². The minimum atomic E-state index is 0.0638. The lowest BCUT2D eigenvalue weighted by atomic mass is 9.67. The van der Waals surface area contributed by atoms with Crippen LogP contribution in [-0.4, -0.2) is 22.6 Å². The Balaban J connectivity index is 1.48. The monoisotopic (exact) mass is 343 g/mol. The summed E-state index contributed by atoms with van der Waals surface area (Å²) >= 11 is 1.72. The summed E-state index contributed by atoms with van der Waals surface area (Å²) in [7, 11) is 0. The van der Waals surface area contributed by atoms with Crippen molar-refractivity contribution >= 4 is 17.2 Å². The number of nitrogens with two attached hydrogens (primary N) is 1. The third-order valence-corrected chi connectivity index (χ3v) is 6.50. The van der Waals surface area contributed by atoms with E-state index in [1.54, 1.807) is 11.3 Å². The van der Waals surface area contributed by atoms with Gasteiger partial charge in [-0.25, -0.2) is 0 Å². The van der Waals surface area contributed by atoms with Gasteiger partial charge in [0.15, 0.2) is 0 Å². The van der Waals surface area contributed by atoms with Crippen LogP contribution in [0.3, 0.4) is 0 Å². The number of aromatic nitrogens is 1. The summed E-state index contributed by atoms with van der Waals surface area (Å²) in [5, 5.41) is 5.43. The molecule has 2 heterocycles. The van der Waals surface area contributed by atoms with Gasteiger partial charge in [-0.2, -0.15) is 0 Å². The van der Waals surface area contributed by atoms with E-state index in [4.69, 9.17) is 5.73 Å². The zero-order valence-electron chi connectivity index (χ0n) is 13.9. The van der Waals surface area contributed by atoms with E-state index in [0.29, 0.717) is 23.9 Å². The molecule has 2 aliphatic rings. The van der Waals surface area contributed by atoms with Crippen molar-refractivity contribution < 1.29 is 4.79 Å². The number of nitrogens with zero attached hydrogens (tertiary/aromatic N) is 1.